The third-order valence-electron chi connectivity index (χ3n) is 4.16. The van der Waals surface area contributed by atoms with Gasteiger partial charge in [0.25, 0.3) is 0 Å². The molecule has 0 aliphatic carbocycles. The van der Waals surface area contributed by atoms with Crippen LogP contribution in [0.15, 0.2) is 54.6 Å². The number of hydrogen-bond acceptors (Lipinski definition) is 3. The zero-order chi connectivity index (χ0) is 19.3. The van der Waals surface area contributed by atoms with Gasteiger partial charge in [0.2, 0.25) is 11.8 Å². The molecule has 0 radical (unpaired) electrons. The second-order valence-electron chi connectivity index (χ2n) is 6.55. The summed E-state index contributed by atoms with van der Waals surface area (Å²) in [4.78, 5) is 24.0. The number of carbonyl (C=O) groups excluding carboxylic acids is 2. The molecule has 3 N–H and O–H groups in total. The van der Waals surface area contributed by atoms with Crippen LogP contribution in [0.4, 0.5) is 11.4 Å². The zero-order valence-corrected chi connectivity index (χ0v) is 16.0. The molecule has 0 saturated heterocycles. The summed E-state index contributed by atoms with van der Waals surface area (Å²) in [6.07, 6.45) is 4.45. The Labute approximate surface area is 161 Å². The highest BCUT2D eigenvalue weighted by Crippen LogP contribution is 2.15. The Morgan fingerprint density at radius 1 is 0.852 bits per heavy atom. The summed E-state index contributed by atoms with van der Waals surface area (Å²) >= 11 is 0. The molecule has 0 heterocycles. The van der Waals surface area contributed by atoms with Crippen molar-refractivity contribution in [1.82, 2.24) is 5.32 Å². The lowest BCUT2D eigenvalue weighted by Crippen LogP contribution is -2.29. The molecule has 2 aromatic carbocycles. The first-order chi connectivity index (χ1) is 13.2. The molecule has 0 fully saturated rings. The van der Waals surface area contributed by atoms with Crippen molar-refractivity contribution in [3.63, 3.8) is 0 Å². The summed E-state index contributed by atoms with van der Waals surface area (Å²) in [5.41, 5.74) is 2.62. The zero-order valence-electron chi connectivity index (χ0n) is 16.0. The Kier molecular flexibility index (Phi) is 9.07. The summed E-state index contributed by atoms with van der Waals surface area (Å²) in [5, 5.41) is 8.88. The smallest absolute Gasteiger partial charge is 0.238 e. The minimum atomic E-state index is -0.102. The van der Waals surface area contributed by atoms with E-state index >= 15 is 0 Å². The number of anilines is 2. The molecule has 27 heavy (non-hydrogen) atoms. The number of amides is 2. The van der Waals surface area contributed by atoms with Crippen molar-refractivity contribution in [3.8, 4) is 0 Å². The van der Waals surface area contributed by atoms with E-state index in [1.807, 2.05) is 36.4 Å². The number of nitrogens with one attached hydrogen (secondary N) is 3. The number of unbranched alkanes of at least 4 members (excludes halogenated alkanes) is 2. The number of hydrogen-bond donors (Lipinski definition) is 3. The third-order valence-corrected chi connectivity index (χ3v) is 4.16. The van der Waals surface area contributed by atoms with Gasteiger partial charge in [0.1, 0.15) is 0 Å². The maximum atomic E-state index is 12.1. The van der Waals surface area contributed by atoms with Crippen LogP contribution in [0.5, 0.6) is 0 Å². The van der Waals surface area contributed by atoms with E-state index in [0.29, 0.717) is 17.8 Å². The lowest BCUT2D eigenvalue weighted by atomic mass is 10.1. The van der Waals surface area contributed by atoms with E-state index in [2.05, 4.69) is 35.0 Å². The van der Waals surface area contributed by atoms with Crippen LogP contribution in [-0.2, 0) is 16.0 Å². The van der Waals surface area contributed by atoms with E-state index in [0.717, 1.165) is 32.2 Å². The van der Waals surface area contributed by atoms with Crippen LogP contribution in [0.2, 0.25) is 0 Å². The topological polar surface area (TPSA) is 70.2 Å². The van der Waals surface area contributed by atoms with E-state index in [4.69, 9.17) is 0 Å². The number of rotatable bonds is 11. The van der Waals surface area contributed by atoms with Gasteiger partial charge in [-0.05, 0) is 43.1 Å². The third kappa shape index (κ3) is 8.51. The Bertz CT molecular complexity index is 717. The minimum absolute atomic E-state index is 0.00880. The van der Waals surface area contributed by atoms with Gasteiger partial charge in [0.15, 0.2) is 0 Å². The maximum absolute atomic E-state index is 12.1. The highest BCUT2D eigenvalue weighted by molar-refractivity contribution is 5.94. The molecule has 0 bridgehead atoms. The van der Waals surface area contributed by atoms with E-state index in [1.54, 1.807) is 6.07 Å². The predicted octanol–water partition coefficient (Wildman–Crippen LogP) is 3.98. The average Bonchev–Trinajstić information content (AvgIpc) is 2.66. The van der Waals surface area contributed by atoms with E-state index in [1.165, 1.54) is 5.56 Å². The van der Waals surface area contributed by atoms with Crippen molar-refractivity contribution < 1.29 is 9.59 Å². The van der Waals surface area contributed by atoms with Gasteiger partial charge in [0.05, 0.1) is 6.54 Å². The molecular formula is C22H29N3O2. The van der Waals surface area contributed by atoms with E-state index < -0.39 is 0 Å². The summed E-state index contributed by atoms with van der Waals surface area (Å²) in [6.45, 7) is 3.10. The molecule has 5 nitrogen and oxygen atoms in total. The molecule has 0 aliphatic heterocycles. The summed E-state index contributed by atoms with van der Waals surface area (Å²) in [6, 6.07) is 17.4. The van der Waals surface area contributed by atoms with Gasteiger partial charge in [-0.3, -0.25) is 9.59 Å². The Morgan fingerprint density at radius 2 is 1.56 bits per heavy atom. The maximum Gasteiger partial charge on any atom is 0.238 e. The molecule has 2 rings (SSSR count). The normalized spacial score (nSPS) is 10.4. The quantitative estimate of drug-likeness (QED) is 0.526. The van der Waals surface area contributed by atoms with Crippen LogP contribution < -0.4 is 16.0 Å². The van der Waals surface area contributed by atoms with Gasteiger partial charge in [0, 0.05) is 17.8 Å². The first-order valence-electron chi connectivity index (χ1n) is 9.62. The van der Waals surface area contributed by atoms with E-state index in [-0.39, 0.29) is 18.4 Å². The summed E-state index contributed by atoms with van der Waals surface area (Å²) in [5.74, 6) is -0.0935. The monoisotopic (exact) mass is 367 g/mol. The molecule has 0 spiro atoms. The van der Waals surface area contributed by atoms with Gasteiger partial charge in [-0.15, -0.1) is 0 Å². The predicted molar refractivity (Wildman–Crippen MR) is 111 cm³/mol. The van der Waals surface area contributed by atoms with E-state index in [9.17, 15) is 9.59 Å². The number of benzene rings is 2. The van der Waals surface area contributed by atoms with Crippen LogP contribution in [0, 0.1) is 0 Å². The Hall–Kier alpha value is -2.66. The highest BCUT2D eigenvalue weighted by atomic mass is 16.2. The summed E-state index contributed by atoms with van der Waals surface area (Å²) < 4.78 is 0. The van der Waals surface area contributed by atoms with Gasteiger partial charge in [-0.2, -0.15) is 0 Å². The fraction of sp³-hybridized carbons (Fsp3) is 0.364. The molecule has 144 valence electrons. The van der Waals surface area contributed by atoms with Crippen LogP contribution in [0.3, 0.4) is 0 Å². The van der Waals surface area contributed by atoms with Crippen molar-refractivity contribution in [3.05, 3.63) is 60.2 Å². The molecule has 2 aromatic rings. The molecular weight excluding hydrogens is 338 g/mol. The lowest BCUT2D eigenvalue weighted by molar-refractivity contribution is -0.116. The average molecular weight is 367 g/mol. The van der Waals surface area contributed by atoms with Gasteiger partial charge < -0.3 is 16.0 Å². The second kappa shape index (κ2) is 11.9. The van der Waals surface area contributed by atoms with Crippen LogP contribution >= 0.6 is 0 Å². The van der Waals surface area contributed by atoms with Crippen molar-refractivity contribution in [2.75, 3.05) is 23.7 Å². The number of carbonyl (C=O) groups is 2. The van der Waals surface area contributed by atoms with Gasteiger partial charge in [-0.1, -0.05) is 56.2 Å². The molecule has 5 heteroatoms. The van der Waals surface area contributed by atoms with Crippen molar-refractivity contribution in [2.45, 2.75) is 39.0 Å². The summed E-state index contributed by atoms with van der Waals surface area (Å²) in [7, 11) is 0. The largest absolute Gasteiger partial charge is 0.326 e. The first kappa shape index (κ1) is 20.6. The Morgan fingerprint density at radius 3 is 2.26 bits per heavy atom. The minimum Gasteiger partial charge on any atom is -0.326 e. The highest BCUT2D eigenvalue weighted by Gasteiger charge is 2.05. The molecule has 0 unspecified atom stereocenters. The van der Waals surface area contributed by atoms with Crippen LogP contribution in [0.25, 0.3) is 0 Å². The van der Waals surface area contributed by atoms with Crippen molar-refractivity contribution in [1.29, 1.82) is 0 Å². The lowest BCUT2D eigenvalue weighted by Gasteiger charge is -2.09. The molecule has 2 amide bonds. The molecule has 0 saturated carbocycles. The fourth-order valence-corrected chi connectivity index (χ4v) is 2.72. The molecule has 0 aromatic heterocycles. The van der Waals surface area contributed by atoms with Crippen molar-refractivity contribution >= 4 is 23.2 Å². The second-order valence-corrected chi connectivity index (χ2v) is 6.55. The molecule has 0 aliphatic rings. The SMILES string of the molecule is CCCCCC(=O)Nc1cccc(NC(=O)CNCCc2ccccc2)c1. The Balaban J connectivity index is 1.71. The van der Waals surface area contributed by atoms with Crippen molar-refractivity contribution in [2.24, 2.45) is 0 Å². The first-order valence-corrected chi connectivity index (χ1v) is 9.62. The molecule has 0 atom stereocenters. The van der Waals surface area contributed by atoms with Crippen LogP contribution in [-0.4, -0.2) is 24.9 Å². The fourth-order valence-electron chi connectivity index (χ4n) is 2.72. The van der Waals surface area contributed by atoms with Gasteiger partial charge >= 0.3 is 0 Å². The standard InChI is InChI=1S/C22H29N3O2/c1-2-3-5-13-21(26)24-19-11-8-12-20(16-19)25-22(27)17-23-15-14-18-9-6-4-7-10-18/h4,6-12,16,23H,2-3,5,13-15,17H2,1H3,(H,24,26)(H,25,27). The van der Waals surface area contributed by atoms with Crippen LogP contribution in [0.1, 0.15) is 38.2 Å². The van der Waals surface area contributed by atoms with Gasteiger partial charge in [-0.25, -0.2) is 0 Å².